The molecule has 3 heterocycles. The lowest BCUT2D eigenvalue weighted by atomic mass is 10.1. The van der Waals surface area contributed by atoms with Crippen molar-refractivity contribution < 1.29 is 22.8 Å². The summed E-state index contributed by atoms with van der Waals surface area (Å²) < 4.78 is 40.1. The van der Waals surface area contributed by atoms with Crippen LogP contribution in [0.4, 0.5) is 24.5 Å². The Bertz CT molecular complexity index is 1150. The van der Waals surface area contributed by atoms with E-state index in [9.17, 15) is 22.8 Å². The lowest BCUT2D eigenvalue weighted by Crippen LogP contribution is -2.43. The van der Waals surface area contributed by atoms with Gasteiger partial charge in [-0.2, -0.15) is 18.3 Å². The van der Waals surface area contributed by atoms with Gasteiger partial charge in [0.25, 0.3) is 11.8 Å². The van der Waals surface area contributed by atoms with Crippen molar-refractivity contribution in [3.63, 3.8) is 0 Å². The van der Waals surface area contributed by atoms with Crippen molar-refractivity contribution in [2.24, 2.45) is 0 Å². The van der Waals surface area contributed by atoms with Crippen LogP contribution in [0.3, 0.4) is 0 Å². The Hall–Kier alpha value is -3.69. The fourth-order valence-corrected chi connectivity index (χ4v) is 3.47. The van der Waals surface area contributed by atoms with Crippen molar-refractivity contribution >= 4 is 23.2 Å². The molecule has 2 amide bonds. The first-order valence-electron chi connectivity index (χ1n) is 9.45. The maximum absolute atomic E-state index is 13.2. The number of nitrogens with zero attached hydrogens (tertiary/aromatic N) is 4. The summed E-state index contributed by atoms with van der Waals surface area (Å²) in [4.78, 5) is 31.4. The van der Waals surface area contributed by atoms with Crippen molar-refractivity contribution in [3.05, 3.63) is 71.3 Å². The molecule has 1 aliphatic rings. The van der Waals surface area contributed by atoms with Gasteiger partial charge in [0.05, 0.1) is 35.2 Å². The Labute approximate surface area is 175 Å². The highest BCUT2D eigenvalue weighted by Crippen LogP contribution is 2.33. The number of halogens is 3. The molecule has 1 N–H and O–H groups in total. The van der Waals surface area contributed by atoms with Gasteiger partial charge in [-0.05, 0) is 49.7 Å². The highest BCUT2D eigenvalue weighted by molar-refractivity contribution is 6.15. The maximum Gasteiger partial charge on any atom is 0.416 e. The Morgan fingerprint density at radius 2 is 1.87 bits per heavy atom. The van der Waals surface area contributed by atoms with Crippen molar-refractivity contribution in [1.29, 1.82) is 0 Å². The number of fused-ring (bicyclic) bond motifs is 1. The van der Waals surface area contributed by atoms with E-state index in [4.69, 9.17) is 0 Å². The smallest absolute Gasteiger partial charge is 0.320 e. The Balaban J connectivity index is 1.66. The molecule has 10 heteroatoms. The topological polar surface area (TPSA) is 80.1 Å². The summed E-state index contributed by atoms with van der Waals surface area (Å²) in [6, 6.07) is 5.81. The highest BCUT2D eigenvalue weighted by atomic mass is 19.4. The first-order valence-corrected chi connectivity index (χ1v) is 9.45. The van der Waals surface area contributed by atoms with Gasteiger partial charge in [-0.1, -0.05) is 0 Å². The fourth-order valence-electron chi connectivity index (χ4n) is 3.47. The maximum atomic E-state index is 13.2. The van der Waals surface area contributed by atoms with Crippen LogP contribution in [0.1, 0.15) is 44.9 Å². The number of nitrogens with one attached hydrogen (secondary N) is 1. The van der Waals surface area contributed by atoms with Crippen LogP contribution >= 0.6 is 0 Å². The van der Waals surface area contributed by atoms with E-state index in [-0.39, 0.29) is 23.8 Å². The van der Waals surface area contributed by atoms with Gasteiger partial charge in [0.15, 0.2) is 0 Å². The van der Waals surface area contributed by atoms with Crippen molar-refractivity contribution in [2.75, 3.05) is 16.8 Å². The molecule has 4 rings (SSSR count). The largest absolute Gasteiger partial charge is 0.416 e. The second-order valence-corrected chi connectivity index (χ2v) is 7.31. The predicted octanol–water partition coefficient (Wildman–Crippen LogP) is 4.08. The molecule has 0 aliphatic carbocycles. The van der Waals surface area contributed by atoms with E-state index in [1.165, 1.54) is 34.1 Å². The van der Waals surface area contributed by atoms with Gasteiger partial charge in [-0.25, -0.2) is 0 Å². The van der Waals surface area contributed by atoms with E-state index in [0.29, 0.717) is 11.4 Å². The minimum atomic E-state index is -4.47. The van der Waals surface area contributed by atoms with Crippen LogP contribution < -0.4 is 10.2 Å². The third-order valence-electron chi connectivity index (χ3n) is 5.15. The number of rotatable bonds is 3. The van der Waals surface area contributed by atoms with E-state index < -0.39 is 23.6 Å². The van der Waals surface area contributed by atoms with Crippen molar-refractivity contribution in [2.45, 2.75) is 26.1 Å². The molecule has 0 saturated carbocycles. The van der Waals surface area contributed by atoms with Gasteiger partial charge in [-0.15, -0.1) is 0 Å². The zero-order chi connectivity index (χ0) is 22.3. The summed E-state index contributed by atoms with van der Waals surface area (Å²) in [5.74, 6) is -1.03. The van der Waals surface area contributed by atoms with Crippen LogP contribution in [0.25, 0.3) is 0 Å². The molecule has 0 radical (unpaired) electrons. The third kappa shape index (κ3) is 3.76. The summed E-state index contributed by atoms with van der Waals surface area (Å²) in [5, 5.41) is 6.92. The number of anilines is 2. The Morgan fingerprint density at radius 3 is 2.52 bits per heavy atom. The molecule has 2 aromatic heterocycles. The molecule has 160 valence electrons. The Kier molecular flexibility index (Phi) is 5.00. The molecular formula is C21H18F3N5O2. The van der Waals surface area contributed by atoms with E-state index in [0.717, 1.165) is 17.7 Å². The van der Waals surface area contributed by atoms with E-state index in [1.54, 1.807) is 12.3 Å². The van der Waals surface area contributed by atoms with Gasteiger partial charge in [0.2, 0.25) is 0 Å². The van der Waals surface area contributed by atoms with Gasteiger partial charge >= 0.3 is 6.18 Å². The average molecular weight is 429 g/mol. The van der Waals surface area contributed by atoms with Crippen molar-refractivity contribution in [3.8, 4) is 0 Å². The number of hydrogen-bond donors (Lipinski definition) is 1. The Morgan fingerprint density at radius 1 is 1.16 bits per heavy atom. The van der Waals surface area contributed by atoms with Crippen LogP contribution in [0.2, 0.25) is 0 Å². The average Bonchev–Trinajstić information content (AvgIpc) is 3.18. The van der Waals surface area contributed by atoms with Crippen LogP contribution in [0.5, 0.6) is 0 Å². The van der Waals surface area contributed by atoms with Gasteiger partial charge in [0, 0.05) is 18.4 Å². The third-order valence-corrected chi connectivity index (χ3v) is 5.15. The van der Waals surface area contributed by atoms with Crippen LogP contribution in [-0.4, -0.2) is 33.1 Å². The molecule has 0 unspecified atom stereocenters. The molecule has 0 spiro atoms. The molecule has 0 fully saturated rings. The predicted molar refractivity (Wildman–Crippen MR) is 107 cm³/mol. The molecule has 1 atom stereocenters. The molecule has 3 aromatic rings. The molecular weight excluding hydrogens is 411 g/mol. The number of pyridine rings is 1. The number of carbonyl (C=O) groups excluding carboxylic acids is 2. The number of hydrogen-bond acceptors (Lipinski definition) is 4. The van der Waals surface area contributed by atoms with Crippen molar-refractivity contribution in [1.82, 2.24) is 14.8 Å². The summed E-state index contributed by atoms with van der Waals surface area (Å²) in [7, 11) is 0. The fraction of sp³-hybridized carbons (Fsp3) is 0.238. The zero-order valence-electron chi connectivity index (χ0n) is 16.6. The standard InChI is InChI=1S/C21H18F3N5O2/c1-12-7-8-25-10-17(12)27-19(30)16-9-26-29-13(2)11-28(20(31)18(16)29)15-5-3-14(4-6-15)21(22,23)24/h3-10,13H,11H2,1-2H3,(H,27,30)/t13-/m0/s1. The molecule has 7 nitrogen and oxygen atoms in total. The number of alkyl halides is 3. The molecule has 1 aliphatic heterocycles. The van der Waals surface area contributed by atoms with E-state index in [1.807, 2.05) is 13.8 Å². The minimum absolute atomic E-state index is 0.0803. The molecule has 0 bridgehead atoms. The van der Waals surface area contributed by atoms with Crippen LogP contribution in [0.15, 0.2) is 48.9 Å². The van der Waals surface area contributed by atoms with Gasteiger partial charge < -0.3 is 10.2 Å². The van der Waals surface area contributed by atoms with E-state index in [2.05, 4.69) is 15.4 Å². The summed E-state index contributed by atoms with van der Waals surface area (Å²) in [6.45, 7) is 3.83. The summed E-state index contributed by atoms with van der Waals surface area (Å²) in [6.07, 6.45) is -0.0465. The lowest BCUT2D eigenvalue weighted by Gasteiger charge is -2.32. The SMILES string of the molecule is Cc1ccncc1NC(=O)c1cnn2c1C(=O)N(c1ccc(C(F)(F)F)cc1)C[C@@H]2C. The summed E-state index contributed by atoms with van der Waals surface area (Å²) >= 11 is 0. The van der Waals surface area contributed by atoms with Crippen LogP contribution in [0, 0.1) is 6.92 Å². The number of aryl methyl sites for hydroxylation is 1. The quantitative estimate of drug-likeness (QED) is 0.681. The number of amides is 2. The highest BCUT2D eigenvalue weighted by Gasteiger charge is 2.36. The summed E-state index contributed by atoms with van der Waals surface area (Å²) in [5.41, 5.74) is 0.977. The second kappa shape index (κ2) is 7.53. The monoisotopic (exact) mass is 429 g/mol. The van der Waals surface area contributed by atoms with E-state index >= 15 is 0 Å². The molecule has 31 heavy (non-hydrogen) atoms. The second-order valence-electron chi connectivity index (χ2n) is 7.31. The number of carbonyl (C=O) groups is 2. The zero-order valence-corrected chi connectivity index (χ0v) is 16.6. The van der Waals surface area contributed by atoms with Gasteiger partial charge in [-0.3, -0.25) is 19.3 Å². The normalized spacial score (nSPS) is 16.2. The first-order chi connectivity index (χ1) is 14.7. The lowest BCUT2D eigenvalue weighted by molar-refractivity contribution is -0.137. The molecule has 1 aromatic carbocycles. The van der Waals surface area contributed by atoms with Crippen LogP contribution in [-0.2, 0) is 6.18 Å². The number of aromatic nitrogens is 3. The number of benzene rings is 1. The van der Waals surface area contributed by atoms with Gasteiger partial charge in [0.1, 0.15) is 5.69 Å². The molecule has 0 saturated heterocycles. The first kappa shape index (κ1) is 20.6. The minimum Gasteiger partial charge on any atom is -0.320 e.